The van der Waals surface area contributed by atoms with E-state index < -0.39 is 5.82 Å². The molecule has 2 aromatic heterocycles. The van der Waals surface area contributed by atoms with Gasteiger partial charge in [0.2, 0.25) is 0 Å². The first-order chi connectivity index (χ1) is 15.5. The highest BCUT2D eigenvalue weighted by atomic mass is 19.1. The van der Waals surface area contributed by atoms with Crippen molar-refractivity contribution in [3.05, 3.63) is 60.2 Å². The lowest BCUT2D eigenvalue weighted by Crippen LogP contribution is -2.40. The van der Waals surface area contributed by atoms with Crippen LogP contribution < -0.4 is 10.6 Å². The third kappa shape index (κ3) is 3.67. The Morgan fingerprint density at radius 1 is 1.09 bits per heavy atom. The van der Waals surface area contributed by atoms with Crippen molar-refractivity contribution in [1.29, 1.82) is 5.26 Å². The van der Waals surface area contributed by atoms with Gasteiger partial charge in [0, 0.05) is 48.9 Å². The average molecular weight is 427 g/mol. The molecule has 3 heterocycles. The van der Waals surface area contributed by atoms with Crippen molar-refractivity contribution >= 4 is 16.7 Å². The van der Waals surface area contributed by atoms with Crippen LogP contribution in [0.3, 0.4) is 0 Å². The van der Waals surface area contributed by atoms with E-state index in [1.807, 2.05) is 37.5 Å². The Bertz CT molecular complexity index is 1350. The predicted molar refractivity (Wildman–Crippen MR) is 121 cm³/mol. The van der Waals surface area contributed by atoms with Gasteiger partial charge in [-0.05, 0) is 37.1 Å². The number of anilines is 1. The lowest BCUT2D eigenvalue weighted by Gasteiger charge is -2.31. The van der Waals surface area contributed by atoms with Crippen LogP contribution in [-0.4, -0.2) is 38.9 Å². The number of aryl methyl sites for hydroxylation is 1. The van der Waals surface area contributed by atoms with Crippen LogP contribution in [0, 0.1) is 17.1 Å². The molecule has 0 aliphatic carbocycles. The second-order valence-corrected chi connectivity index (χ2v) is 8.13. The van der Waals surface area contributed by atoms with Crippen LogP contribution in [0.1, 0.15) is 18.4 Å². The molecule has 1 aliphatic rings. The summed E-state index contributed by atoms with van der Waals surface area (Å²) in [6.45, 7) is 1.61. The van der Waals surface area contributed by atoms with Crippen LogP contribution in [0.5, 0.6) is 0 Å². The fourth-order valence-corrected chi connectivity index (χ4v) is 4.12. The largest absolute Gasteiger partial charge is 0.355 e. The molecule has 0 amide bonds. The Labute approximate surface area is 184 Å². The van der Waals surface area contributed by atoms with Gasteiger partial charge in [-0.25, -0.2) is 9.37 Å². The quantitative estimate of drug-likeness (QED) is 0.536. The lowest BCUT2D eigenvalue weighted by atomic mass is 10.0. The zero-order valence-corrected chi connectivity index (χ0v) is 17.7. The molecule has 0 saturated carbocycles. The number of aromatic nitrogens is 4. The second-order valence-electron chi connectivity index (χ2n) is 8.13. The van der Waals surface area contributed by atoms with Crippen LogP contribution >= 0.6 is 0 Å². The third-order valence-corrected chi connectivity index (χ3v) is 5.88. The first-order valence-corrected chi connectivity index (χ1v) is 10.5. The van der Waals surface area contributed by atoms with Crippen LogP contribution in [0.2, 0.25) is 0 Å². The van der Waals surface area contributed by atoms with Gasteiger partial charge in [0.1, 0.15) is 17.7 Å². The summed E-state index contributed by atoms with van der Waals surface area (Å²) >= 11 is 0. The molecule has 7 nitrogen and oxygen atoms in total. The van der Waals surface area contributed by atoms with Crippen molar-refractivity contribution in [2.75, 3.05) is 18.0 Å². The van der Waals surface area contributed by atoms with E-state index in [1.165, 1.54) is 12.1 Å². The number of halogens is 1. The molecule has 1 aliphatic heterocycles. The number of piperidine rings is 1. The summed E-state index contributed by atoms with van der Waals surface area (Å²) < 4.78 is 16.2. The van der Waals surface area contributed by atoms with Gasteiger partial charge in [0.15, 0.2) is 0 Å². The van der Waals surface area contributed by atoms with Crippen molar-refractivity contribution in [2.24, 2.45) is 12.8 Å². The van der Waals surface area contributed by atoms with E-state index in [4.69, 9.17) is 21.0 Å². The summed E-state index contributed by atoms with van der Waals surface area (Å²) in [4.78, 5) is 11.8. The monoisotopic (exact) mass is 427 g/mol. The first-order valence-electron chi connectivity index (χ1n) is 10.5. The van der Waals surface area contributed by atoms with E-state index in [9.17, 15) is 4.39 Å². The number of hydrogen-bond donors (Lipinski definition) is 1. The maximum Gasteiger partial charge on any atom is 0.147 e. The van der Waals surface area contributed by atoms with Gasteiger partial charge < -0.3 is 10.6 Å². The number of hydrogen-bond acceptors (Lipinski definition) is 6. The second kappa shape index (κ2) is 8.02. The molecule has 5 rings (SSSR count). The van der Waals surface area contributed by atoms with Crippen molar-refractivity contribution in [3.63, 3.8) is 0 Å². The standard InChI is InChI=1S/C24H22FN7/c1-31-14-18-10-15(4-5-21(18)30-31)23-24(16-2-3-17(12-26)20(25)11-16)29-22(13-28-23)32-8-6-19(27)7-9-32/h2-5,10-11,13-14,19H,6-9,27H2,1H3. The van der Waals surface area contributed by atoms with E-state index in [0.717, 1.165) is 48.2 Å². The molecule has 0 radical (unpaired) electrons. The van der Waals surface area contributed by atoms with Crippen LogP contribution in [-0.2, 0) is 7.05 Å². The molecule has 160 valence electrons. The highest BCUT2D eigenvalue weighted by molar-refractivity contribution is 5.87. The maximum atomic E-state index is 14.5. The number of fused-ring (bicyclic) bond motifs is 1. The highest BCUT2D eigenvalue weighted by Gasteiger charge is 2.21. The van der Waals surface area contributed by atoms with E-state index in [0.29, 0.717) is 17.0 Å². The van der Waals surface area contributed by atoms with E-state index >= 15 is 0 Å². The third-order valence-electron chi connectivity index (χ3n) is 5.88. The van der Waals surface area contributed by atoms with Crippen molar-refractivity contribution in [3.8, 4) is 28.6 Å². The van der Waals surface area contributed by atoms with Crippen molar-refractivity contribution in [1.82, 2.24) is 19.7 Å². The van der Waals surface area contributed by atoms with Gasteiger partial charge in [0.25, 0.3) is 0 Å². The minimum absolute atomic E-state index is 0.00112. The van der Waals surface area contributed by atoms with Crippen LogP contribution in [0.25, 0.3) is 33.4 Å². The number of rotatable bonds is 3. The number of benzene rings is 2. The minimum Gasteiger partial charge on any atom is -0.355 e. The van der Waals surface area contributed by atoms with Gasteiger partial charge in [-0.1, -0.05) is 12.1 Å². The van der Waals surface area contributed by atoms with Crippen LogP contribution in [0.15, 0.2) is 48.8 Å². The van der Waals surface area contributed by atoms with Gasteiger partial charge >= 0.3 is 0 Å². The van der Waals surface area contributed by atoms with E-state index in [-0.39, 0.29) is 11.6 Å². The maximum absolute atomic E-state index is 14.5. The normalized spacial score (nSPS) is 14.6. The van der Waals surface area contributed by atoms with Crippen LogP contribution in [0.4, 0.5) is 10.2 Å². The molecule has 32 heavy (non-hydrogen) atoms. The van der Waals surface area contributed by atoms with Gasteiger partial charge in [0.05, 0.1) is 28.7 Å². The summed E-state index contributed by atoms with van der Waals surface area (Å²) in [6, 6.07) is 12.5. The van der Waals surface area contributed by atoms with Crippen molar-refractivity contribution in [2.45, 2.75) is 18.9 Å². The summed E-state index contributed by atoms with van der Waals surface area (Å²) in [5.41, 5.74) is 9.60. The number of nitrogens with two attached hydrogens (primary N) is 1. The molecule has 0 spiro atoms. The zero-order valence-electron chi connectivity index (χ0n) is 17.7. The predicted octanol–water partition coefficient (Wildman–Crippen LogP) is 3.64. The first kappa shape index (κ1) is 20.1. The Kier molecular flexibility index (Phi) is 5.04. The lowest BCUT2D eigenvalue weighted by molar-refractivity contribution is 0.498. The summed E-state index contributed by atoms with van der Waals surface area (Å²) in [6.07, 6.45) is 5.49. The molecule has 0 bridgehead atoms. The molecule has 8 heteroatoms. The molecule has 1 fully saturated rings. The summed E-state index contributed by atoms with van der Waals surface area (Å²) in [7, 11) is 1.88. The van der Waals surface area contributed by atoms with Crippen molar-refractivity contribution < 1.29 is 4.39 Å². The molecule has 0 atom stereocenters. The SMILES string of the molecule is Cn1cc2cc(-c3ncc(N4CCC(N)CC4)nc3-c3ccc(C#N)c(F)c3)ccc2n1. The summed E-state index contributed by atoms with van der Waals surface area (Å²) in [5, 5.41) is 14.5. The van der Waals surface area contributed by atoms with Gasteiger partial charge in [-0.2, -0.15) is 10.4 Å². The Morgan fingerprint density at radius 2 is 1.84 bits per heavy atom. The topological polar surface area (TPSA) is 96.6 Å². The smallest absolute Gasteiger partial charge is 0.147 e. The zero-order chi connectivity index (χ0) is 22.2. The molecular weight excluding hydrogens is 405 g/mol. The molecule has 0 unspecified atom stereocenters. The highest BCUT2D eigenvalue weighted by Crippen LogP contribution is 2.33. The Morgan fingerprint density at radius 3 is 2.59 bits per heavy atom. The number of nitriles is 1. The average Bonchev–Trinajstić information content (AvgIpc) is 3.18. The molecule has 2 aromatic carbocycles. The minimum atomic E-state index is -0.574. The summed E-state index contributed by atoms with van der Waals surface area (Å²) in [5.74, 6) is 0.165. The fourth-order valence-electron chi connectivity index (χ4n) is 4.12. The van der Waals surface area contributed by atoms with E-state index in [2.05, 4.69) is 10.00 Å². The molecule has 4 aromatic rings. The number of nitrogens with zero attached hydrogens (tertiary/aromatic N) is 6. The molecule has 2 N–H and O–H groups in total. The Balaban J connectivity index is 1.64. The van der Waals surface area contributed by atoms with E-state index in [1.54, 1.807) is 16.9 Å². The van der Waals surface area contributed by atoms with Gasteiger partial charge in [-0.3, -0.25) is 9.67 Å². The van der Waals surface area contributed by atoms with Gasteiger partial charge in [-0.15, -0.1) is 0 Å². The molecular formula is C24H22FN7. The molecule has 1 saturated heterocycles. The Hall–Kier alpha value is -3.83. The fraction of sp³-hybridized carbons (Fsp3) is 0.250.